The van der Waals surface area contributed by atoms with E-state index >= 15 is 0 Å². The molecule has 2 aromatic carbocycles. The number of ether oxygens (including phenoxy) is 5. The molecule has 2 N–H and O–H groups in total. The fourth-order valence-electron chi connectivity index (χ4n) is 3.24. The van der Waals surface area contributed by atoms with Gasteiger partial charge in [-0.2, -0.15) is 0 Å². The van der Waals surface area contributed by atoms with Crippen LogP contribution in [0.4, 0.5) is 0 Å². The van der Waals surface area contributed by atoms with E-state index in [4.69, 9.17) is 29.4 Å². The van der Waals surface area contributed by atoms with Crippen LogP contribution in [-0.2, 0) is 19.3 Å². The minimum atomic E-state index is 0. The lowest BCUT2D eigenvalue weighted by Crippen LogP contribution is -2.08. The molecule has 156 valence electrons. The topological polar surface area (TPSA) is 72.2 Å². The fraction of sp³-hybridized carbons (Fsp3) is 0.429. The Morgan fingerprint density at radius 3 is 1.71 bits per heavy atom. The van der Waals surface area contributed by atoms with Crippen molar-refractivity contribution in [2.24, 2.45) is 5.73 Å². The summed E-state index contributed by atoms with van der Waals surface area (Å²) in [6.45, 7) is 0.576. The van der Waals surface area contributed by atoms with Crippen LogP contribution in [0.5, 0.6) is 28.7 Å². The molecule has 0 atom stereocenters. The van der Waals surface area contributed by atoms with Crippen LogP contribution in [0.2, 0.25) is 0 Å². The fourth-order valence-corrected chi connectivity index (χ4v) is 3.24. The van der Waals surface area contributed by atoms with E-state index in [1.54, 1.807) is 35.5 Å². The van der Waals surface area contributed by atoms with Gasteiger partial charge >= 0.3 is 0 Å². The van der Waals surface area contributed by atoms with Gasteiger partial charge < -0.3 is 29.4 Å². The van der Waals surface area contributed by atoms with E-state index in [1.807, 2.05) is 18.2 Å². The van der Waals surface area contributed by atoms with Gasteiger partial charge in [-0.1, -0.05) is 6.07 Å². The molecule has 0 fully saturated rings. The first-order valence-electron chi connectivity index (χ1n) is 8.85. The molecule has 0 heterocycles. The summed E-state index contributed by atoms with van der Waals surface area (Å²) >= 11 is 0. The van der Waals surface area contributed by atoms with Crippen molar-refractivity contribution in [3.8, 4) is 28.7 Å². The standard InChI is InChI=1S/C21H29NO5.ClH/c1-23-17-9-7-15(10-11-22)16(20(17)26-4)8-6-14-12-18(24-2)21(27-5)19(13-14)25-3;/h7,9,12-13H,6,8,10-11,22H2,1-5H3;1H. The molecule has 0 aromatic heterocycles. The summed E-state index contributed by atoms with van der Waals surface area (Å²) in [4.78, 5) is 0. The van der Waals surface area contributed by atoms with Gasteiger partial charge in [0.05, 0.1) is 35.5 Å². The van der Waals surface area contributed by atoms with E-state index in [0.29, 0.717) is 23.8 Å². The molecule has 28 heavy (non-hydrogen) atoms. The molecule has 0 radical (unpaired) electrons. The van der Waals surface area contributed by atoms with Crippen LogP contribution in [0.15, 0.2) is 24.3 Å². The number of hydrogen-bond acceptors (Lipinski definition) is 6. The Bertz CT molecular complexity index is 742. The van der Waals surface area contributed by atoms with Gasteiger partial charge in [0.2, 0.25) is 5.75 Å². The normalized spacial score (nSPS) is 10.1. The summed E-state index contributed by atoms with van der Waals surface area (Å²) in [6.07, 6.45) is 2.33. The van der Waals surface area contributed by atoms with Crippen molar-refractivity contribution in [3.63, 3.8) is 0 Å². The number of hydrogen-bond donors (Lipinski definition) is 1. The van der Waals surface area contributed by atoms with Crippen LogP contribution < -0.4 is 29.4 Å². The monoisotopic (exact) mass is 411 g/mol. The molecular weight excluding hydrogens is 382 g/mol. The van der Waals surface area contributed by atoms with Gasteiger partial charge in [0.1, 0.15) is 0 Å². The van der Waals surface area contributed by atoms with Crippen molar-refractivity contribution in [3.05, 3.63) is 41.0 Å². The van der Waals surface area contributed by atoms with Crippen molar-refractivity contribution in [1.82, 2.24) is 0 Å². The van der Waals surface area contributed by atoms with E-state index in [0.717, 1.165) is 41.9 Å². The highest BCUT2D eigenvalue weighted by atomic mass is 35.5. The average molecular weight is 412 g/mol. The minimum absolute atomic E-state index is 0. The van der Waals surface area contributed by atoms with E-state index in [2.05, 4.69) is 6.07 Å². The molecule has 0 unspecified atom stereocenters. The van der Waals surface area contributed by atoms with Crippen molar-refractivity contribution < 1.29 is 23.7 Å². The summed E-state index contributed by atoms with van der Waals surface area (Å²) in [7, 11) is 8.13. The van der Waals surface area contributed by atoms with Crippen LogP contribution in [0.25, 0.3) is 0 Å². The third-order valence-corrected chi connectivity index (χ3v) is 4.55. The van der Waals surface area contributed by atoms with Crippen LogP contribution in [-0.4, -0.2) is 42.1 Å². The summed E-state index contributed by atoms with van der Waals surface area (Å²) in [6, 6.07) is 7.92. The van der Waals surface area contributed by atoms with Crippen LogP contribution in [0.1, 0.15) is 16.7 Å². The van der Waals surface area contributed by atoms with Gasteiger partial charge in [-0.15, -0.1) is 12.4 Å². The molecule has 2 rings (SSSR count). The average Bonchev–Trinajstić information content (AvgIpc) is 2.71. The van der Waals surface area contributed by atoms with Crippen molar-refractivity contribution in [2.45, 2.75) is 19.3 Å². The van der Waals surface area contributed by atoms with Gasteiger partial charge in [-0.25, -0.2) is 0 Å². The van der Waals surface area contributed by atoms with Gasteiger partial charge in [-0.05, 0) is 55.1 Å². The highest BCUT2D eigenvalue weighted by Crippen LogP contribution is 2.39. The number of rotatable bonds is 10. The Kier molecular flexibility index (Phi) is 9.76. The number of aryl methyl sites for hydroxylation is 1. The van der Waals surface area contributed by atoms with Crippen molar-refractivity contribution >= 4 is 12.4 Å². The van der Waals surface area contributed by atoms with Gasteiger partial charge in [0.25, 0.3) is 0 Å². The van der Waals surface area contributed by atoms with Crippen LogP contribution in [0, 0.1) is 0 Å². The summed E-state index contributed by atoms with van der Waals surface area (Å²) in [5.41, 5.74) is 9.14. The maximum absolute atomic E-state index is 5.79. The molecular formula is C21H30ClNO5. The van der Waals surface area contributed by atoms with Gasteiger partial charge in [0.15, 0.2) is 23.0 Å². The van der Waals surface area contributed by atoms with E-state index < -0.39 is 0 Å². The molecule has 0 amide bonds. The molecule has 0 aliphatic heterocycles. The molecule has 6 nitrogen and oxygen atoms in total. The largest absolute Gasteiger partial charge is 0.493 e. The Labute approximate surface area is 173 Å². The zero-order valence-corrected chi connectivity index (χ0v) is 18.0. The maximum Gasteiger partial charge on any atom is 0.203 e. The second-order valence-electron chi connectivity index (χ2n) is 6.01. The third-order valence-electron chi connectivity index (χ3n) is 4.55. The van der Waals surface area contributed by atoms with Crippen LogP contribution >= 0.6 is 12.4 Å². The van der Waals surface area contributed by atoms with E-state index in [1.165, 1.54) is 5.56 Å². The molecule has 0 spiro atoms. The maximum atomic E-state index is 5.79. The first-order valence-corrected chi connectivity index (χ1v) is 8.85. The number of nitrogens with two attached hydrogens (primary N) is 1. The second kappa shape index (κ2) is 11.5. The number of benzene rings is 2. The summed E-state index contributed by atoms with van der Waals surface area (Å²) in [5, 5.41) is 0. The minimum Gasteiger partial charge on any atom is -0.493 e. The third kappa shape index (κ3) is 5.14. The highest BCUT2D eigenvalue weighted by molar-refractivity contribution is 5.85. The Hall–Kier alpha value is -2.31. The van der Waals surface area contributed by atoms with E-state index in [-0.39, 0.29) is 12.4 Å². The van der Waals surface area contributed by atoms with Gasteiger partial charge in [-0.3, -0.25) is 0 Å². The lowest BCUT2D eigenvalue weighted by molar-refractivity contribution is 0.323. The Balaban J connectivity index is 0.00000392. The van der Waals surface area contributed by atoms with E-state index in [9.17, 15) is 0 Å². The first-order chi connectivity index (χ1) is 13.1. The van der Waals surface area contributed by atoms with Gasteiger partial charge in [0, 0.05) is 5.56 Å². The molecule has 0 saturated carbocycles. The smallest absolute Gasteiger partial charge is 0.203 e. The molecule has 2 aromatic rings. The first kappa shape index (κ1) is 23.7. The molecule has 0 aliphatic rings. The molecule has 7 heteroatoms. The Morgan fingerprint density at radius 1 is 0.679 bits per heavy atom. The van der Waals surface area contributed by atoms with Crippen molar-refractivity contribution in [2.75, 3.05) is 42.1 Å². The zero-order chi connectivity index (χ0) is 19.8. The second-order valence-corrected chi connectivity index (χ2v) is 6.01. The van der Waals surface area contributed by atoms with Crippen LogP contribution in [0.3, 0.4) is 0 Å². The Morgan fingerprint density at radius 2 is 1.25 bits per heavy atom. The number of halogens is 1. The molecule has 0 saturated heterocycles. The molecule has 0 bridgehead atoms. The number of methoxy groups -OCH3 is 5. The predicted molar refractivity (Wildman–Crippen MR) is 113 cm³/mol. The summed E-state index contributed by atoms with van der Waals surface area (Å²) in [5.74, 6) is 3.36. The zero-order valence-electron chi connectivity index (χ0n) is 17.2. The lowest BCUT2D eigenvalue weighted by atomic mass is 9.96. The summed E-state index contributed by atoms with van der Waals surface area (Å²) < 4.78 is 27.4. The highest BCUT2D eigenvalue weighted by Gasteiger charge is 2.17. The quantitative estimate of drug-likeness (QED) is 0.645. The molecule has 0 aliphatic carbocycles. The predicted octanol–water partition coefficient (Wildman–Crippen LogP) is 3.44. The SMILES string of the molecule is COc1cc(CCc2c(CCN)ccc(OC)c2OC)cc(OC)c1OC.Cl. The lowest BCUT2D eigenvalue weighted by Gasteiger charge is -2.18. The van der Waals surface area contributed by atoms with Crippen molar-refractivity contribution in [1.29, 1.82) is 0 Å².